The van der Waals surface area contributed by atoms with Gasteiger partial charge in [0.05, 0.1) is 6.10 Å². The number of rotatable bonds is 6. The highest BCUT2D eigenvalue weighted by molar-refractivity contribution is 5.81. The molecule has 0 spiro atoms. The van der Waals surface area contributed by atoms with Gasteiger partial charge in [-0.05, 0) is 38.0 Å². The predicted molar refractivity (Wildman–Crippen MR) is 84.2 cm³/mol. The number of carbonyl (C=O) groups excluding carboxylic acids is 2. The van der Waals surface area contributed by atoms with Crippen molar-refractivity contribution in [2.75, 3.05) is 26.2 Å². The number of likely N-dealkylation sites (tertiary alicyclic amines) is 1. The summed E-state index contributed by atoms with van der Waals surface area (Å²) in [6, 6.07) is 0. The molecular formula is C16H29N3O3. The molecule has 2 heterocycles. The van der Waals surface area contributed by atoms with Gasteiger partial charge in [0.2, 0.25) is 5.91 Å². The number of amides is 2. The molecule has 0 aromatic carbocycles. The Kier molecular flexibility index (Phi) is 6.64. The minimum atomic E-state index is -0.318. The lowest BCUT2D eigenvalue weighted by Crippen LogP contribution is -2.47. The molecule has 0 aliphatic carbocycles. The van der Waals surface area contributed by atoms with Gasteiger partial charge >= 0.3 is 0 Å². The minimum absolute atomic E-state index is 0.0304. The summed E-state index contributed by atoms with van der Waals surface area (Å²) >= 11 is 0. The summed E-state index contributed by atoms with van der Waals surface area (Å²) in [5.74, 6) is 0.557. The normalized spacial score (nSPS) is 28.6. The molecular weight excluding hydrogens is 282 g/mol. The molecule has 2 rings (SSSR count). The average Bonchev–Trinajstić information content (AvgIpc) is 3.02. The van der Waals surface area contributed by atoms with E-state index in [9.17, 15) is 9.59 Å². The highest BCUT2D eigenvalue weighted by atomic mass is 16.5. The van der Waals surface area contributed by atoms with Crippen LogP contribution in [-0.2, 0) is 14.3 Å². The van der Waals surface area contributed by atoms with Crippen molar-refractivity contribution in [3.05, 3.63) is 0 Å². The Morgan fingerprint density at radius 3 is 2.82 bits per heavy atom. The van der Waals surface area contributed by atoms with Crippen molar-refractivity contribution >= 4 is 11.8 Å². The fraction of sp³-hybridized carbons (Fsp3) is 0.875. The van der Waals surface area contributed by atoms with Gasteiger partial charge in [-0.3, -0.25) is 9.59 Å². The standard InChI is InChI=1S/C16H29N3O3/c1-2-4-15(20)18-10-12-5-3-8-19(11-12)16(21)14-7-6-13(9-17)22-14/h12-14H,2-11,17H2,1H3,(H,18,20)/t12?,13-,14+/m1/s1. The van der Waals surface area contributed by atoms with Gasteiger partial charge in [-0.1, -0.05) is 6.92 Å². The zero-order valence-corrected chi connectivity index (χ0v) is 13.6. The zero-order valence-electron chi connectivity index (χ0n) is 13.6. The molecule has 2 amide bonds. The maximum atomic E-state index is 12.5. The molecule has 126 valence electrons. The van der Waals surface area contributed by atoms with E-state index in [0.29, 0.717) is 25.4 Å². The Bertz CT molecular complexity index is 389. The first-order valence-electron chi connectivity index (χ1n) is 8.55. The van der Waals surface area contributed by atoms with Crippen molar-refractivity contribution in [1.29, 1.82) is 0 Å². The SMILES string of the molecule is CCCC(=O)NCC1CCCN(C(=O)[C@@H]2CC[C@H](CN)O2)C1. The molecule has 0 radical (unpaired) electrons. The van der Waals surface area contributed by atoms with Crippen LogP contribution in [-0.4, -0.2) is 55.1 Å². The average molecular weight is 311 g/mol. The van der Waals surface area contributed by atoms with Gasteiger partial charge in [0, 0.05) is 32.6 Å². The van der Waals surface area contributed by atoms with Crippen molar-refractivity contribution < 1.29 is 14.3 Å². The highest BCUT2D eigenvalue weighted by Gasteiger charge is 2.34. The quantitative estimate of drug-likeness (QED) is 0.754. The van der Waals surface area contributed by atoms with E-state index < -0.39 is 0 Å². The Hall–Kier alpha value is -1.14. The van der Waals surface area contributed by atoms with Crippen LogP contribution >= 0.6 is 0 Å². The minimum Gasteiger partial charge on any atom is -0.364 e. The summed E-state index contributed by atoms with van der Waals surface area (Å²) < 4.78 is 5.71. The molecule has 1 unspecified atom stereocenters. The van der Waals surface area contributed by atoms with E-state index in [-0.39, 0.29) is 24.0 Å². The van der Waals surface area contributed by atoms with E-state index in [1.165, 1.54) is 0 Å². The van der Waals surface area contributed by atoms with E-state index in [1.807, 2.05) is 11.8 Å². The van der Waals surface area contributed by atoms with Gasteiger partial charge in [0.15, 0.2) is 0 Å². The van der Waals surface area contributed by atoms with Crippen LogP contribution in [0.2, 0.25) is 0 Å². The van der Waals surface area contributed by atoms with Crippen molar-refractivity contribution in [2.45, 2.75) is 57.7 Å². The van der Waals surface area contributed by atoms with Gasteiger partial charge in [-0.15, -0.1) is 0 Å². The molecule has 0 aromatic rings. The third-order valence-electron chi connectivity index (χ3n) is 4.54. The number of ether oxygens (including phenoxy) is 1. The summed E-state index contributed by atoms with van der Waals surface area (Å²) in [6.45, 7) is 4.66. The summed E-state index contributed by atoms with van der Waals surface area (Å²) in [5.41, 5.74) is 5.60. The second-order valence-corrected chi connectivity index (χ2v) is 6.41. The summed E-state index contributed by atoms with van der Waals surface area (Å²) in [6.07, 6.45) is 4.85. The van der Waals surface area contributed by atoms with Crippen LogP contribution in [0.5, 0.6) is 0 Å². The summed E-state index contributed by atoms with van der Waals surface area (Å²) in [7, 11) is 0. The number of nitrogens with zero attached hydrogens (tertiary/aromatic N) is 1. The Morgan fingerprint density at radius 1 is 1.32 bits per heavy atom. The molecule has 3 atom stereocenters. The Morgan fingerprint density at radius 2 is 2.14 bits per heavy atom. The second kappa shape index (κ2) is 8.48. The van der Waals surface area contributed by atoms with Crippen molar-refractivity contribution in [3.8, 4) is 0 Å². The van der Waals surface area contributed by atoms with Gasteiger partial charge in [0.25, 0.3) is 5.91 Å². The monoisotopic (exact) mass is 311 g/mol. The van der Waals surface area contributed by atoms with Crippen LogP contribution in [0, 0.1) is 5.92 Å². The van der Waals surface area contributed by atoms with Gasteiger partial charge in [-0.2, -0.15) is 0 Å². The number of nitrogens with one attached hydrogen (secondary N) is 1. The lowest BCUT2D eigenvalue weighted by Gasteiger charge is -2.34. The first-order valence-corrected chi connectivity index (χ1v) is 8.55. The van der Waals surface area contributed by atoms with Gasteiger partial charge in [-0.25, -0.2) is 0 Å². The lowest BCUT2D eigenvalue weighted by molar-refractivity contribution is -0.144. The van der Waals surface area contributed by atoms with Crippen molar-refractivity contribution in [1.82, 2.24) is 10.2 Å². The molecule has 6 heteroatoms. The van der Waals surface area contributed by atoms with E-state index in [1.54, 1.807) is 0 Å². The maximum Gasteiger partial charge on any atom is 0.251 e. The van der Waals surface area contributed by atoms with Crippen LogP contribution in [0.4, 0.5) is 0 Å². The first-order chi connectivity index (χ1) is 10.6. The molecule has 22 heavy (non-hydrogen) atoms. The number of hydrogen-bond donors (Lipinski definition) is 2. The summed E-state index contributed by atoms with van der Waals surface area (Å²) in [5, 5.41) is 2.97. The van der Waals surface area contributed by atoms with Crippen LogP contribution in [0.1, 0.15) is 45.4 Å². The van der Waals surface area contributed by atoms with Crippen LogP contribution in [0.15, 0.2) is 0 Å². The fourth-order valence-electron chi connectivity index (χ4n) is 3.27. The number of carbonyl (C=O) groups is 2. The number of piperidine rings is 1. The third kappa shape index (κ3) is 4.68. The smallest absolute Gasteiger partial charge is 0.251 e. The zero-order chi connectivity index (χ0) is 15.9. The second-order valence-electron chi connectivity index (χ2n) is 6.41. The first kappa shape index (κ1) is 17.2. The van der Waals surface area contributed by atoms with E-state index in [4.69, 9.17) is 10.5 Å². The van der Waals surface area contributed by atoms with Crippen LogP contribution in [0.25, 0.3) is 0 Å². The van der Waals surface area contributed by atoms with Crippen molar-refractivity contribution in [2.24, 2.45) is 11.7 Å². The molecule has 0 bridgehead atoms. The van der Waals surface area contributed by atoms with Crippen LogP contribution < -0.4 is 11.1 Å². The molecule has 2 aliphatic heterocycles. The topological polar surface area (TPSA) is 84.7 Å². The third-order valence-corrected chi connectivity index (χ3v) is 4.54. The lowest BCUT2D eigenvalue weighted by atomic mass is 9.97. The van der Waals surface area contributed by atoms with Crippen LogP contribution in [0.3, 0.4) is 0 Å². The molecule has 2 aliphatic rings. The molecule has 2 fully saturated rings. The van der Waals surface area contributed by atoms with Gasteiger partial charge in [0.1, 0.15) is 6.10 Å². The Labute approximate surface area is 132 Å². The highest BCUT2D eigenvalue weighted by Crippen LogP contribution is 2.23. The molecule has 2 saturated heterocycles. The molecule has 6 nitrogen and oxygen atoms in total. The Balaban J connectivity index is 1.77. The fourth-order valence-corrected chi connectivity index (χ4v) is 3.27. The van der Waals surface area contributed by atoms with E-state index >= 15 is 0 Å². The van der Waals surface area contributed by atoms with Gasteiger partial charge < -0.3 is 20.7 Å². The largest absolute Gasteiger partial charge is 0.364 e. The molecule has 0 saturated carbocycles. The van der Waals surface area contributed by atoms with E-state index in [2.05, 4.69) is 5.32 Å². The van der Waals surface area contributed by atoms with Crippen molar-refractivity contribution in [3.63, 3.8) is 0 Å². The number of nitrogens with two attached hydrogens (primary N) is 1. The van der Waals surface area contributed by atoms with E-state index in [0.717, 1.165) is 45.2 Å². The molecule has 3 N–H and O–H groups in total. The maximum absolute atomic E-state index is 12.5. The predicted octanol–water partition coefficient (Wildman–Crippen LogP) is 0.648. The molecule has 0 aromatic heterocycles. The number of hydrogen-bond acceptors (Lipinski definition) is 4. The summed E-state index contributed by atoms with van der Waals surface area (Å²) in [4.78, 5) is 26.0.